The maximum Gasteiger partial charge on any atom is 0.272 e. The minimum absolute atomic E-state index is 0.0812. The summed E-state index contributed by atoms with van der Waals surface area (Å²) in [4.78, 5) is 10.3. The summed E-state index contributed by atoms with van der Waals surface area (Å²) in [6.45, 7) is 1.69. The molecule has 0 saturated heterocycles. The largest absolute Gasteiger partial charge is 0.272 e. The van der Waals surface area contributed by atoms with Gasteiger partial charge in [-0.05, 0) is 6.92 Å². The second kappa shape index (κ2) is 4.52. The Balaban J connectivity index is 2.28. The van der Waals surface area contributed by atoms with Crippen LogP contribution in [0.1, 0.15) is 11.1 Å². The molecule has 0 saturated carbocycles. The zero-order valence-electron chi connectivity index (χ0n) is 9.02. The lowest BCUT2D eigenvalue weighted by Gasteiger charge is -1.98. The SMILES string of the molecule is Cc1ccc(/C=N/n2cnnc2)cc1[N+](=O)[O-]. The summed E-state index contributed by atoms with van der Waals surface area (Å²) in [6, 6.07) is 4.92. The fraction of sp³-hybridized carbons (Fsp3) is 0.100. The zero-order chi connectivity index (χ0) is 12.3. The zero-order valence-corrected chi connectivity index (χ0v) is 9.02. The Morgan fingerprint density at radius 1 is 1.41 bits per heavy atom. The molecule has 1 heterocycles. The van der Waals surface area contributed by atoms with Crippen molar-refractivity contribution in [1.82, 2.24) is 14.9 Å². The van der Waals surface area contributed by atoms with Gasteiger partial charge >= 0.3 is 0 Å². The van der Waals surface area contributed by atoms with E-state index in [1.807, 2.05) is 0 Å². The molecule has 0 aliphatic rings. The quantitative estimate of drug-likeness (QED) is 0.453. The molecule has 1 aromatic heterocycles. The lowest BCUT2D eigenvalue weighted by Crippen LogP contribution is -1.94. The summed E-state index contributed by atoms with van der Waals surface area (Å²) in [7, 11) is 0. The standard InChI is InChI=1S/C10H9N5O2/c1-8-2-3-9(4-10(8)15(16)17)5-13-14-6-11-12-7-14/h2-7H,1H3/b13-5+. The molecule has 0 atom stereocenters. The summed E-state index contributed by atoms with van der Waals surface area (Å²) in [5, 5.41) is 21.9. The van der Waals surface area contributed by atoms with E-state index in [0.717, 1.165) is 0 Å². The van der Waals surface area contributed by atoms with E-state index in [1.165, 1.54) is 29.6 Å². The third kappa shape index (κ3) is 2.51. The van der Waals surface area contributed by atoms with Crippen LogP contribution >= 0.6 is 0 Å². The maximum atomic E-state index is 10.7. The Bertz CT molecular complexity index is 562. The van der Waals surface area contributed by atoms with Gasteiger partial charge in [0.1, 0.15) is 12.7 Å². The van der Waals surface area contributed by atoms with Crippen molar-refractivity contribution in [2.45, 2.75) is 6.92 Å². The van der Waals surface area contributed by atoms with E-state index in [9.17, 15) is 10.1 Å². The highest BCUT2D eigenvalue weighted by atomic mass is 16.6. The second-order valence-electron chi connectivity index (χ2n) is 3.39. The van der Waals surface area contributed by atoms with E-state index < -0.39 is 4.92 Å². The van der Waals surface area contributed by atoms with E-state index >= 15 is 0 Å². The van der Waals surface area contributed by atoms with Gasteiger partial charge in [0.15, 0.2) is 0 Å². The molecule has 17 heavy (non-hydrogen) atoms. The highest BCUT2D eigenvalue weighted by molar-refractivity contribution is 5.80. The first kappa shape index (κ1) is 10.9. The molecule has 0 aliphatic heterocycles. The number of hydrogen-bond acceptors (Lipinski definition) is 5. The Hall–Kier alpha value is -2.57. The summed E-state index contributed by atoms with van der Waals surface area (Å²) in [6.07, 6.45) is 4.37. The Morgan fingerprint density at radius 3 is 2.76 bits per heavy atom. The van der Waals surface area contributed by atoms with Crippen molar-refractivity contribution in [3.8, 4) is 0 Å². The fourth-order valence-corrected chi connectivity index (χ4v) is 1.29. The molecule has 7 heteroatoms. The predicted octanol–water partition coefficient (Wildman–Crippen LogP) is 1.38. The van der Waals surface area contributed by atoms with E-state index in [4.69, 9.17) is 0 Å². The van der Waals surface area contributed by atoms with Gasteiger partial charge < -0.3 is 0 Å². The molecule has 0 amide bonds. The number of nitro benzene ring substituents is 1. The number of aryl methyl sites for hydroxylation is 1. The van der Waals surface area contributed by atoms with E-state index in [-0.39, 0.29) is 5.69 Å². The summed E-state index contributed by atoms with van der Waals surface area (Å²) in [5.74, 6) is 0. The third-order valence-electron chi connectivity index (χ3n) is 2.18. The molecule has 2 aromatic rings. The normalized spacial score (nSPS) is 10.9. The van der Waals surface area contributed by atoms with Crippen molar-refractivity contribution in [2.24, 2.45) is 5.10 Å². The monoisotopic (exact) mass is 231 g/mol. The number of rotatable bonds is 3. The summed E-state index contributed by atoms with van der Waals surface area (Å²) >= 11 is 0. The lowest BCUT2D eigenvalue weighted by molar-refractivity contribution is -0.385. The average Bonchev–Trinajstić information content (AvgIpc) is 2.80. The molecule has 0 bridgehead atoms. The number of nitrogens with zero attached hydrogens (tertiary/aromatic N) is 5. The van der Waals surface area contributed by atoms with Gasteiger partial charge in [0.2, 0.25) is 0 Å². The molecule has 7 nitrogen and oxygen atoms in total. The average molecular weight is 231 g/mol. The van der Waals surface area contributed by atoms with Gasteiger partial charge in [-0.2, -0.15) is 5.10 Å². The molecular weight excluding hydrogens is 222 g/mol. The predicted molar refractivity (Wildman–Crippen MR) is 60.8 cm³/mol. The third-order valence-corrected chi connectivity index (χ3v) is 2.18. The minimum Gasteiger partial charge on any atom is -0.258 e. The molecule has 2 rings (SSSR count). The van der Waals surface area contributed by atoms with Gasteiger partial charge in [0, 0.05) is 17.2 Å². The highest BCUT2D eigenvalue weighted by Gasteiger charge is 2.09. The Kier molecular flexibility index (Phi) is 2.91. The number of nitro groups is 1. The molecule has 0 spiro atoms. The van der Waals surface area contributed by atoms with Crippen LogP contribution in [-0.4, -0.2) is 26.0 Å². The minimum atomic E-state index is -0.411. The van der Waals surface area contributed by atoms with Crippen LogP contribution in [0.5, 0.6) is 0 Å². The van der Waals surface area contributed by atoms with Crippen molar-refractivity contribution in [3.05, 3.63) is 52.1 Å². The van der Waals surface area contributed by atoms with Crippen molar-refractivity contribution >= 4 is 11.9 Å². The topological polar surface area (TPSA) is 86.2 Å². The van der Waals surface area contributed by atoms with Crippen LogP contribution in [0.25, 0.3) is 0 Å². The van der Waals surface area contributed by atoms with Crippen molar-refractivity contribution in [3.63, 3.8) is 0 Å². The Labute approximate surface area is 96.6 Å². The molecule has 0 aliphatic carbocycles. The van der Waals surface area contributed by atoms with Crippen LogP contribution in [0.4, 0.5) is 5.69 Å². The smallest absolute Gasteiger partial charge is 0.258 e. The number of hydrogen-bond donors (Lipinski definition) is 0. The van der Waals surface area contributed by atoms with Crippen LogP contribution in [0, 0.1) is 17.0 Å². The van der Waals surface area contributed by atoms with Gasteiger partial charge in [0.25, 0.3) is 5.69 Å². The second-order valence-corrected chi connectivity index (χ2v) is 3.39. The number of benzene rings is 1. The van der Waals surface area contributed by atoms with Gasteiger partial charge in [-0.1, -0.05) is 12.1 Å². The van der Waals surface area contributed by atoms with Crippen LogP contribution in [0.3, 0.4) is 0 Å². The van der Waals surface area contributed by atoms with Gasteiger partial charge in [0.05, 0.1) is 11.1 Å². The molecule has 1 aromatic carbocycles. The van der Waals surface area contributed by atoms with Gasteiger partial charge in [-0.3, -0.25) is 10.1 Å². The van der Waals surface area contributed by atoms with Gasteiger partial charge in [-0.15, -0.1) is 10.2 Å². The van der Waals surface area contributed by atoms with Crippen molar-refractivity contribution < 1.29 is 4.92 Å². The fourth-order valence-electron chi connectivity index (χ4n) is 1.29. The first-order valence-electron chi connectivity index (χ1n) is 4.81. The molecule has 0 unspecified atom stereocenters. The first-order chi connectivity index (χ1) is 8.16. The van der Waals surface area contributed by atoms with Crippen LogP contribution < -0.4 is 0 Å². The van der Waals surface area contributed by atoms with Crippen LogP contribution in [0.2, 0.25) is 0 Å². The molecule has 0 fully saturated rings. The Morgan fingerprint density at radius 2 is 2.12 bits per heavy atom. The van der Waals surface area contributed by atoms with Crippen molar-refractivity contribution in [1.29, 1.82) is 0 Å². The summed E-state index contributed by atoms with van der Waals surface area (Å²) in [5.41, 5.74) is 1.35. The van der Waals surface area contributed by atoms with Crippen LogP contribution in [-0.2, 0) is 0 Å². The molecular formula is C10H9N5O2. The van der Waals surface area contributed by atoms with E-state index in [1.54, 1.807) is 19.1 Å². The molecule has 0 N–H and O–H groups in total. The van der Waals surface area contributed by atoms with E-state index in [0.29, 0.717) is 11.1 Å². The highest BCUT2D eigenvalue weighted by Crippen LogP contribution is 2.18. The molecule has 0 radical (unpaired) electrons. The summed E-state index contributed by atoms with van der Waals surface area (Å²) < 4.78 is 1.41. The van der Waals surface area contributed by atoms with Crippen LogP contribution in [0.15, 0.2) is 36.0 Å². The molecule has 86 valence electrons. The number of aromatic nitrogens is 3. The maximum absolute atomic E-state index is 10.7. The van der Waals surface area contributed by atoms with Crippen molar-refractivity contribution in [2.75, 3.05) is 0 Å². The lowest BCUT2D eigenvalue weighted by atomic mass is 10.1. The van der Waals surface area contributed by atoms with E-state index in [2.05, 4.69) is 15.3 Å². The first-order valence-corrected chi connectivity index (χ1v) is 4.81. The van der Waals surface area contributed by atoms with Gasteiger partial charge in [-0.25, -0.2) is 4.68 Å².